The Kier molecular flexibility index (Phi) is 5.99. The molecular formula is C14H23NO2S. The first-order chi connectivity index (χ1) is 8.48. The Labute approximate surface area is 114 Å². The number of aliphatic hydroxyl groups excluding tert-OH is 1. The van der Waals surface area contributed by atoms with Gasteiger partial charge in [-0.05, 0) is 37.8 Å². The predicted octanol–water partition coefficient (Wildman–Crippen LogP) is 2.46. The summed E-state index contributed by atoms with van der Waals surface area (Å²) in [4.78, 5) is 0. The second-order valence-corrected chi connectivity index (χ2v) is 6.40. The number of aliphatic hydroxyl groups is 1. The average molecular weight is 269 g/mol. The molecule has 0 amide bonds. The van der Waals surface area contributed by atoms with E-state index in [1.807, 2.05) is 36.0 Å². The second-order valence-electron chi connectivity index (χ2n) is 4.88. The van der Waals surface area contributed by atoms with Crippen LogP contribution in [0.15, 0.2) is 24.3 Å². The zero-order valence-corrected chi connectivity index (χ0v) is 12.4. The van der Waals surface area contributed by atoms with Gasteiger partial charge in [0.2, 0.25) is 0 Å². The summed E-state index contributed by atoms with van der Waals surface area (Å²) in [6, 6.07) is 7.52. The van der Waals surface area contributed by atoms with Crippen LogP contribution in [-0.4, -0.2) is 36.3 Å². The molecule has 0 heterocycles. The highest BCUT2D eigenvalue weighted by atomic mass is 32.2. The van der Waals surface area contributed by atoms with Gasteiger partial charge in [-0.1, -0.05) is 12.1 Å². The topological polar surface area (TPSA) is 41.5 Å². The van der Waals surface area contributed by atoms with Crippen LogP contribution in [-0.2, 0) is 0 Å². The predicted molar refractivity (Wildman–Crippen MR) is 78.4 cm³/mol. The maximum Gasteiger partial charge on any atom is 0.118 e. The van der Waals surface area contributed by atoms with Gasteiger partial charge in [0.25, 0.3) is 0 Å². The third-order valence-corrected chi connectivity index (χ3v) is 4.19. The molecule has 0 radical (unpaired) electrons. The number of nitrogens with one attached hydrogen (secondary N) is 1. The van der Waals surface area contributed by atoms with Gasteiger partial charge in [-0.2, -0.15) is 11.8 Å². The lowest BCUT2D eigenvalue weighted by atomic mass is 10.1. The van der Waals surface area contributed by atoms with Crippen LogP contribution in [0.2, 0.25) is 0 Å². The van der Waals surface area contributed by atoms with Crippen LogP contribution >= 0.6 is 11.8 Å². The number of thioether (sulfide) groups is 1. The molecule has 1 aromatic rings. The highest BCUT2D eigenvalue weighted by molar-refractivity contribution is 7.99. The second kappa shape index (κ2) is 7.02. The van der Waals surface area contributed by atoms with Gasteiger partial charge < -0.3 is 15.2 Å². The number of ether oxygens (including phenoxy) is 1. The molecule has 1 aromatic carbocycles. The normalized spacial score (nSPS) is 13.4. The van der Waals surface area contributed by atoms with E-state index < -0.39 is 6.10 Å². The van der Waals surface area contributed by atoms with Gasteiger partial charge in [0.15, 0.2) is 0 Å². The summed E-state index contributed by atoms with van der Waals surface area (Å²) in [6.07, 6.45) is 1.62. The highest BCUT2D eigenvalue weighted by Crippen LogP contribution is 2.20. The zero-order valence-electron chi connectivity index (χ0n) is 11.6. The summed E-state index contributed by atoms with van der Waals surface area (Å²) < 4.78 is 5.28. The molecule has 1 atom stereocenters. The maximum atomic E-state index is 10.0. The highest BCUT2D eigenvalue weighted by Gasteiger charge is 2.16. The molecule has 0 aliphatic carbocycles. The number of rotatable bonds is 7. The summed E-state index contributed by atoms with van der Waals surface area (Å²) in [5, 5.41) is 13.3. The van der Waals surface area contributed by atoms with E-state index in [4.69, 9.17) is 4.74 Å². The van der Waals surface area contributed by atoms with Crippen molar-refractivity contribution in [1.82, 2.24) is 5.32 Å². The van der Waals surface area contributed by atoms with E-state index in [2.05, 4.69) is 25.4 Å². The molecule has 18 heavy (non-hydrogen) atoms. The van der Waals surface area contributed by atoms with Crippen molar-refractivity contribution in [3.63, 3.8) is 0 Å². The first-order valence-corrected chi connectivity index (χ1v) is 7.29. The molecule has 0 spiro atoms. The third-order valence-electron chi connectivity index (χ3n) is 2.94. The summed E-state index contributed by atoms with van der Waals surface area (Å²) in [7, 11) is 1.64. The molecule has 0 saturated heterocycles. The van der Waals surface area contributed by atoms with Gasteiger partial charge in [-0.25, -0.2) is 0 Å². The molecule has 0 bridgehead atoms. The van der Waals surface area contributed by atoms with Gasteiger partial charge >= 0.3 is 0 Å². The molecule has 1 unspecified atom stereocenters. The number of methoxy groups -OCH3 is 1. The molecule has 3 nitrogen and oxygen atoms in total. The van der Waals surface area contributed by atoms with Gasteiger partial charge in [0, 0.05) is 17.8 Å². The molecule has 4 heteroatoms. The van der Waals surface area contributed by atoms with Gasteiger partial charge in [-0.3, -0.25) is 0 Å². The largest absolute Gasteiger partial charge is 0.497 e. The lowest BCUT2D eigenvalue weighted by Gasteiger charge is -2.23. The van der Waals surface area contributed by atoms with Crippen molar-refractivity contribution in [3.8, 4) is 5.75 Å². The van der Waals surface area contributed by atoms with Crippen molar-refractivity contribution >= 4 is 11.8 Å². The van der Waals surface area contributed by atoms with Crippen LogP contribution in [0.3, 0.4) is 0 Å². The zero-order chi connectivity index (χ0) is 13.6. The molecule has 0 fully saturated rings. The minimum atomic E-state index is -0.478. The first kappa shape index (κ1) is 15.3. The first-order valence-electron chi connectivity index (χ1n) is 6.06. The van der Waals surface area contributed by atoms with E-state index in [-0.39, 0.29) is 4.75 Å². The number of benzene rings is 1. The molecule has 0 aliphatic heterocycles. The van der Waals surface area contributed by atoms with Crippen LogP contribution in [0.4, 0.5) is 0 Å². The van der Waals surface area contributed by atoms with Crippen molar-refractivity contribution in [2.75, 3.05) is 26.5 Å². The van der Waals surface area contributed by atoms with Crippen LogP contribution < -0.4 is 10.1 Å². The lowest BCUT2D eigenvalue weighted by molar-refractivity contribution is 0.174. The Morgan fingerprint density at radius 1 is 1.33 bits per heavy atom. The fourth-order valence-corrected chi connectivity index (χ4v) is 1.77. The Morgan fingerprint density at radius 3 is 2.44 bits per heavy atom. The Morgan fingerprint density at radius 2 is 1.94 bits per heavy atom. The summed E-state index contributed by atoms with van der Waals surface area (Å²) >= 11 is 1.82. The van der Waals surface area contributed by atoms with Gasteiger partial charge in [-0.15, -0.1) is 0 Å². The molecule has 1 rings (SSSR count). The Balaban J connectivity index is 2.42. The van der Waals surface area contributed by atoms with Crippen LogP contribution in [0, 0.1) is 0 Å². The average Bonchev–Trinajstić information content (AvgIpc) is 2.38. The van der Waals surface area contributed by atoms with E-state index in [1.165, 1.54) is 0 Å². The van der Waals surface area contributed by atoms with Crippen LogP contribution in [0.1, 0.15) is 25.5 Å². The van der Waals surface area contributed by atoms with Gasteiger partial charge in [0.1, 0.15) is 5.75 Å². The fraction of sp³-hybridized carbons (Fsp3) is 0.571. The van der Waals surface area contributed by atoms with Crippen LogP contribution in [0.5, 0.6) is 5.75 Å². The minimum Gasteiger partial charge on any atom is -0.497 e. The molecule has 0 saturated carbocycles. The van der Waals surface area contributed by atoms with Crippen LogP contribution in [0.25, 0.3) is 0 Å². The van der Waals surface area contributed by atoms with E-state index >= 15 is 0 Å². The van der Waals surface area contributed by atoms with E-state index in [9.17, 15) is 5.11 Å². The van der Waals surface area contributed by atoms with Crippen molar-refractivity contribution in [2.24, 2.45) is 0 Å². The van der Waals surface area contributed by atoms with E-state index in [1.54, 1.807) is 7.11 Å². The standard InChI is InChI=1S/C14H23NO2S/c1-14(2,18-4)10-15-9-13(16)11-5-7-12(17-3)8-6-11/h5-8,13,15-16H,9-10H2,1-4H3. The van der Waals surface area contributed by atoms with Crippen molar-refractivity contribution in [2.45, 2.75) is 24.7 Å². The lowest BCUT2D eigenvalue weighted by Crippen LogP contribution is -2.34. The molecule has 102 valence electrons. The van der Waals surface area contributed by atoms with E-state index in [0.29, 0.717) is 6.54 Å². The third kappa shape index (κ3) is 4.88. The Bertz CT molecular complexity index is 351. The quantitative estimate of drug-likeness (QED) is 0.798. The SMILES string of the molecule is COc1ccc(C(O)CNCC(C)(C)SC)cc1. The fourth-order valence-electron chi connectivity index (χ4n) is 1.53. The van der Waals surface area contributed by atoms with Crippen molar-refractivity contribution < 1.29 is 9.84 Å². The maximum absolute atomic E-state index is 10.0. The minimum absolute atomic E-state index is 0.194. The molecule has 0 aromatic heterocycles. The van der Waals surface area contributed by atoms with E-state index in [0.717, 1.165) is 17.9 Å². The van der Waals surface area contributed by atoms with Crippen molar-refractivity contribution in [3.05, 3.63) is 29.8 Å². The molecule has 0 aliphatic rings. The summed E-state index contributed by atoms with van der Waals surface area (Å²) in [5.74, 6) is 0.808. The van der Waals surface area contributed by atoms with Gasteiger partial charge in [0.05, 0.1) is 13.2 Å². The Hall–Kier alpha value is -0.710. The summed E-state index contributed by atoms with van der Waals surface area (Å²) in [6.45, 7) is 5.81. The number of hydrogen-bond acceptors (Lipinski definition) is 4. The molecule has 2 N–H and O–H groups in total. The smallest absolute Gasteiger partial charge is 0.118 e. The van der Waals surface area contributed by atoms with Crippen molar-refractivity contribution in [1.29, 1.82) is 0 Å². The summed E-state index contributed by atoms with van der Waals surface area (Å²) in [5.41, 5.74) is 0.908. The number of hydrogen-bond donors (Lipinski definition) is 2. The molecular weight excluding hydrogens is 246 g/mol. The monoisotopic (exact) mass is 269 g/mol.